The molecule has 0 amide bonds. The molecule has 10 saturated heterocycles. The maximum Gasteiger partial charge on any atom is 0.145 e. The smallest absolute Gasteiger partial charge is 0.145 e. The van der Waals surface area contributed by atoms with Crippen LogP contribution in [0.15, 0.2) is 92.2 Å². The molecule has 0 aliphatic carbocycles. The molecule has 10 aromatic heterocycles. The van der Waals surface area contributed by atoms with Crippen LogP contribution >= 0.6 is 0 Å². The number of aromatic amines is 2. The summed E-state index contributed by atoms with van der Waals surface area (Å²) in [5, 5.41) is 49.1. The van der Waals surface area contributed by atoms with Gasteiger partial charge in [0.15, 0.2) is 0 Å². The minimum absolute atomic E-state index is 0.605. The molecule has 0 radical (unpaired) electrons. The van der Waals surface area contributed by atoms with Gasteiger partial charge in [-0.3, -0.25) is 47.7 Å². The summed E-state index contributed by atoms with van der Waals surface area (Å²) in [5.41, 5.74) is 24.8. The summed E-state index contributed by atoms with van der Waals surface area (Å²) in [6.45, 7) is 42.6. The Bertz CT molecular complexity index is 4760. The zero-order valence-electron chi connectivity index (χ0n) is 89.9. The molecule has 0 bridgehead atoms. The van der Waals surface area contributed by atoms with Gasteiger partial charge in [-0.05, 0) is 430 Å². The molecule has 0 atom stereocenters. The lowest BCUT2D eigenvalue weighted by molar-refractivity contribution is 0.249. The van der Waals surface area contributed by atoms with Crippen LogP contribution in [0.25, 0.3) is 0 Å². The van der Waals surface area contributed by atoms with Crippen LogP contribution in [0, 0.1) is 20.8 Å². The molecule has 20 rings (SSSR count). The predicted octanol–water partition coefficient (Wildman–Crippen LogP) is 15.2. The van der Waals surface area contributed by atoms with Crippen LogP contribution in [0.4, 0.5) is 5.82 Å². The Morgan fingerprint density at radius 1 is 0.319 bits per heavy atom. The summed E-state index contributed by atoms with van der Waals surface area (Å²) in [7, 11) is 32.1. The lowest BCUT2D eigenvalue weighted by atomic mass is 9.91. The SMILES string of the molecule is CCCn1nccc1C1CCN(C)CC1.CCc1cnn(C)c1C1CCN(C)CC1.CCn1ncc(C)c1C1CCN(C)CC1.CCn1nccc1C1CCN(C)CC1.CN1CCC(c2cc(N)n[nH]2)CC1.CN1CCC(c2ccn(C)n2)CC1.CN1CCC(c2ccn[nH]2)CC1.CN1CCC(c2ccnn2C)CC1.Cc1cn(C)nc1C1CCN(C)CC1.Cc1cnn(C)c1C1CCN(C)CC1. The Balaban J connectivity index is 0.000000147. The van der Waals surface area contributed by atoms with Gasteiger partial charge in [-0.2, -0.15) is 51.0 Å². The van der Waals surface area contributed by atoms with E-state index < -0.39 is 0 Å². The highest BCUT2D eigenvalue weighted by Gasteiger charge is 2.31. The molecule has 0 aromatic carbocycles. The zero-order chi connectivity index (χ0) is 98.7. The van der Waals surface area contributed by atoms with Crippen molar-refractivity contribution in [1.82, 2.24) is 148 Å². The van der Waals surface area contributed by atoms with Gasteiger partial charge in [-0.1, -0.05) is 13.8 Å². The van der Waals surface area contributed by atoms with Crippen LogP contribution in [0.3, 0.4) is 0 Å². The van der Waals surface area contributed by atoms with E-state index in [1.54, 1.807) is 0 Å². The second-order valence-corrected chi connectivity index (χ2v) is 42.1. The molecule has 10 fully saturated rings. The van der Waals surface area contributed by atoms with Gasteiger partial charge < -0.3 is 54.7 Å². The average Bonchev–Trinajstić information content (AvgIpc) is 1.67. The van der Waals surface area contributed by atoms with Crippen LogP contribution in [-0.2, 0) is 61.3 Å². The number of H-pyrrole nitrogens is 2. The Morgan fingerprint density at radius 2 is 0.696 bits per heavy atom. The molecule has 0 unspecified atom stereocenters. The first-order valence-corrected chi connectivity index (χ1v) is 53.2. The lowest BCUT2D eigenvalue weighted by Gasteiger charge is -2.29. The summed E-state index contributed by atoms with van der Waals surface area (Å²) in [6.07, 6.45) is 45.4. The topological polar surface area (TPSA) is 258 Å². The maximum absolute atomic E-state index is 5.56. The van der Waals surface area contributed by atoms with Gasteiger partial charge in [-0.25, -0.2) is 0 Å². The van der Waals surface area contributed by atoms with Crippen molar-refractivity contribution in [1.29, 1.82) is 0 Å². The monoisotopic (exact) mass is 1900 g/mol. The molecule has 0 saturated carbocycles. The molecular formula is C107H185N31. The minimum atomic E-state index is 0.605. The molecule has 10 aliphatic heterocycles. The fourth-order valence-electron chi connectivity index (χ4n) is 22.3. The molecule has 4 N–H and O–H groups in total. The highest BCUT2D eigenvalue weighted by molar-refractivity contribution is 5.31. The third kappa shape index (κ3) is 33.6. The van der Waals surface area contributed by atoms with E-state index in [0.29, 0.717) is 29.5 Å². The quantitative estimate of drug-likeness (QED) is 0.0861. The predicted molar refractivity (Wildman–Crippen MR) is 564 cm³/mol. The Hall–Kier alpha value is -8.50. The third-order valence-corrected chi connectivity index (χ3v) is 31.3. The first-order valence-electron chi connectivity index (χ1n) is 53.2. The molecule has 0 spiro atoms. The van der Waals surface area contributed by atoms with Crippen LogP contribution in [-0.4, -0.2) is 349 Å². The Kier molecular flexibility index (Phi) is 44.9. The van der Waals surface area contributed by atoms with E-state index in [2.05, 4.69) is 298 Å². The molecule has 31 heteroatoms. The second-order valence-electron chi connectivity index (χ2n) is 42.1. The maximum atomic E-state index is 5.56. The van der Waals surface area contributed by atoms with Crippen molar-refractivity contribution in [2.45, 2.75) is 269 Å². The van der Waals surface area contributed by atoms with Crippen LogP contribution in [0.5, 0.6) is 0 Å². The van der Waals surface area contributed by atoms with Crippen LogP contribution in [0.1, 0.15) is 301 Å². The summed E-state index contributed by atoms with van der Waals surface area (Å²) in [5.74, 6) is 7.68. The van der Waals surface area contributed by atoms with E-state index in [9.17, 15) is 0 Å². The van der Waals surface area contributed by atoms with Crippen molar-refractivity contribution in [3.8, 4) is 0 Å². The van der Waals surface area contributed by atoms with Crippen molar-refractivity contribution in [3.05, 3.63) is 171 Å². The number of nitrogens with two attached hydrogens (primary N) is 1. The minimum Gasteiger partial charge on any atom is -0.382 e. The third-order valence-electron chi connectivity index (χ3n) is 31.3. The summed E-state index contributed by atoms with van der Waals surface area (Å²) >= 11 is 0. The fourth-order valence-corrected chi connectivity index (χ4v) is 22.3. The van der Waals surface area contributed by atoms with E-state index in [-0.39, 0.29) is 0 Å². The van der Waals surface area contributed by atoms with E-state index in [4.69, 9.17) is 5.73 Å². The molecule has 10 aliphatic rings. The van der Waals surface area contributed by atoms with Crippen molar-refractivity contribution >= 4 is 5.82 Å². The van der Waals surface area contributed by atoms with Gasteiger partial charge in [0.25, 0.3) is 0 Å². The molecular weight excluding hydrogens is 1720 g/mol. The summed E-state index contributed by atoms with van der Waals surface area (Å²) in [4.78, 5) is 24.0. The number of nitrogens with one attached hydrogen (secondary N) is 2. The fraction of sp³-hybridized carbons (Fsp3) is 0.720. The number of rotatable bonds is 15. The molecule has 20 heterocycles. The molecule has 768 valence electrons. The van der Waals surface area contributed by atoms with Gasteiger partial charge in [0.05, 0.1) is 30.0 Å². The number of aryl methyl sites for hydroxylation is 12. The number of aromatic nitrogens is 20. The number of likely N-dealkylation sites (tertiary alicyclic amines) is 10. The van der Waals surface area contributed by atoms with E-state index in [1.807, 2.05) is 95.5 Å². The van der Waals surface area contributed by atoms with E-state index in [1.165, 1.54) is 345 Å². The van der Waals surface area contributed by atoms with Gasteiger partial charge >= 0.3 is 0 Å². The first-order chi connectivity index (χ1) is 66.5. The average molecular weight is 1910 g/mol. The molecule has 31 nitrogen and oxygen atoms in total. The Morgan fingerprint density at radius 3 is 1.08 bits per heavy atom. The number of nitrogen functional groups attached to an aromatic ring is 1. The zero-order valence-corrected chi connectivity index (χ0v) is 89.9. The standard InChI is InChI=1S/3C12H21N3.3C11H19N3.2C10H17N3.C9H16N4.C9H15N3/c1-4-10-9-13-15(3)12(10)11-5-7-14(2)8-6-11;1-4-15-12(10(2)9-13-15)11-5-7-14(3)8-6-11;1-3-8-15-12(4-7-13-15)11-5-9-14(2)10-6-11;1-9-8-14(3)12-11(9)10-4-6-13(2)7-5-10;1-9-8-12-14(3)11(9)10-4-6-13(2)7-5-10;1-3-14-11(4-7-12-14)10-5-8-13(2)9-6-10;1-12-7-4-9(5-8-12)10-3-6-11-13(10)2;1-12-6-3-9(4-7-12)10-5-8-13(2)11-10;1-13-4-2-7(3-5-13)8-6-9(10)12-11-8;1-12-6-3-8(4-7-12)9-2-5-10-11-9/h2*9,11H,4-8H2,1-3H3;4,7,11H,3,5-6,8-10H2,1-2H3;2*8,10H,4-7H2,1-3H3;4,7,10H,3,5-6,8-9H2,1-2H3;3,6,9H,4-5,7-8H2,1-2H3;5,8-9H,3-4,6-7H2,1-2H3;6-7H,2-5H2,1H3,(H3,10,11,12);2,5,8H,3-4,6-7H2,1H3,(H,10,11). The summed E-state index contributed by atoms with van der Waals surface area (Å²) < 4.78 is 16.5. The Labute approximate surface area is 831 Å². The van der Waals surface area contributed by atoms with Crippen molar-refractivity contribution in [3.63, 3.8) is 0 Å². The van der Waals surface area contributed by atoms with Crippen LogP contribution in [0.2, 0.25) is 0 Å². The van der Waals surface area contributed by atoms with Crippen molar-refractivity contribution in [2.75, 3.05) is 207 Å². The number of nitrogens with zero attached hydrogens (tertiary/aromatic N) is 28. The van der Waals surface area contributed by atoms with Gasteiger partial charge in [0.2, 0.25) is 0 Å². The molecule has 10 aromatic rings. The second kappa shape index (κ2) is 56.4. The summed E-state index contributed by atoms with van der Waals surface area (Å²) in [6, 6.07) is 12.7. The number of piperidine rings is 10. The van der Waals surface area contributed by atoms with E-state index >= 15 is 0 Å². The largest absolute Gasteiger partial charge is 0.382 e. The number of anilines is 1. The van der Waals surface area contributed by atoms with Crippen LogP contribution < -0.4 is 5.73 Å². The number of hydrogen-bond donors (Lipinski definition) is 3. The van der Waals surface area contributed by atoms with Gasteiger partial charge in [0, 0.05) is 203 Å². The van der Waals surface area contributed by atoms with Gasteiger partial charge in [0.1, 0.15) is 5.82 Å². The normalized spacial score (nSPS) is 20.3. The molecule has 138 heavy (non-hydrogen) atoms. The first kappa shape index (κ1) is 110. The number of hydrogen-bond acceptors (Lipinski definition) is 21. The highest BCUT2D eigenvalue weighted by atomic mass is 15.3. The van der Waals surface area contributed by atoms with Crippen molar-refractivity contribution in [2.24, 2.45) is 35.2 Å². The van der Waals surface area contributed by atoms with Gasteiger partial charge in [-0.15, -0.1) is 0 Å². The van der Waals surface area contributed by atoms with E-state index in [0.717, 1.165) is 61.6 Å². The lowest BCUT2D eigenvalue weighted by Crippen LogP contribution is -2.30. The van der Waals surface area contributed by atoms with Crippen molar-refractivity contribution < 1.29 is 0 Å². The highest BCUT2D eigenvalue weighted by Crippen LogP contribution is 2.37.